The third-order valence-electron chi connectivity index (χ3n) is 4.70. The van der Waals surface area contributed by atoms with Gasteiger partial charge in [0.05, 0.1) is 7.11 Å². The summed E-state index contributed by atoms with van der Waals surface area (Å²) in [6.07, 6.45) is 0.738. The first kappa shape index (κ1) is 19.3. The molecule has 0 fully saturated rings. The highest BCUT2D eigenvalue weighted by molar-refractivity contribution is 7.98. The molecule has 0 aliphatic rings. The Bertz CT molecular complexity index is 1070. The molecule has 4 nitrogen and oxygen atoms in total. The van der Waals surface area contributed by atoms with Gasteiger partial charge in [0, 0.05) is 17.9 Å². The van der Waals surface area contributed by atoms with Crippen LogP contribution in [0, 0.1) is 6.92 Å². The van der Waals surface area contributed by atoms with Crippen LogP contribution in [0.5, 0.6) is 5.75 Å². The van der Waals surface area contributed by atoms with Crippen molar-refractivity contribution in [3.05, 3.63) is 101 Å². The van der Waals surface area contributed by atoms with E-state index in [1.54, 1.807) is 18.9 Å². The van der Waals surface area contributed by atoms with E-state index in [-0.39, 0.29) is 0 Å². The minimum absolute atomic E-state index is 0.738. The van der Waals surface area contributed by atoms with Crippen LogP contribution in [0.25, 0.3) is 5.69 Å². The maximum absolute atomic E-state index is 5.34. The van der Waals surface area contributed by atoms with Crippen molar-refractivity contribution in [2.24, 2.45) is 0 Å². The highest BCUT2D eigenvalue weighted by Gasteiger charge is 2.15. The van der Waals surface area contributed by atoms with Crippen LogP contribution in [0.15, 0.2) is 84.0 Å². The summed E-state index contributed by atoms with van der Waals surface area (Å²) in [5.74, 6) is 2.60. The fourth-order valence-corrected chi connectivity index (χ4v) is 4.06. The van der Waals surface area contributed by atoms with Gasteiger partial charge in [-0.2, -0.15) is 0 Å². The zero-order chi connectivity index (χ0) is 20.1. The molecule has 0 saturated heterocycles. The Labute approximate surface area is 175 Å². The predicted molar refractivity (Wildman–Crippen MR) is 118 cm³/mol. The largest absolute Gasteiger partial charge is 0.497 e. The van der Waals surface area contributed by atoms with Gasteiger partial charge in [-0.15, -0.1) is 10.2 Å². The van der Waals surface area contributed by atoms with Gasteiger partial charge >= 0.3 is 0 Å². The van der Waals surface area contributed by atoms with Gasteiger partial charge in [-0.1, -0.05) is 71.9 Å². The second-order valence-electron chi connectivity index (χ2n) is 6.87. The minimum Gasteiger partial charge on any atom is -0.497 e. The molecule has 3 aromatic carbocycles. The summed E-state index contributed by atoms with van der Waals surface area (Å²) in [7, 11) is 1.69. The fourth-order valence-electron chi connectivity index (χ4n) is 3.15. The number of aromatic nitrogens is 3. The van der Waals surface area contributed by atoms with Crippen molar-refractivity contribution in [1.29, 1.82) is 0 Å². The van der Waals surface area contributed by atoms with Crippen LogP contribution in [0.4, 0.5) is 0 Å². The first-order valence-corrected chi connectivity index (χ1v) is 10.5. The van der Waals surface area contributed by atoms with E-state index < -0.39 is 0 Å². The van der Waals surface area contributed by atoms with E-state index >= 15 is 0 Å². The average Bonchev–Trinajstić information content (AvgIpc) is 3.16. The van der Waals surface area contributed by atoms with Gasteiger partial charge in [0.1, 0.15) is 11.6 Å². The Morgan fingerprint density at radius 3 is 2.38 bits per heavy atom. The average molecular weight is 402 g/mol. The predicted octanol–water partition coefficient (Wildman–Crippen LogP) is 5.47. The summed E-state index contributed by atoms with van der Waals surface area (Å²) in [6, 6.07) is 27.0. The molecule has 0 atom stereocenters. The van der Waals surface area contributed by atoms with Gasteiger partial charge in [0.15, 0.2) is 5.16 Å². The topological polar surface area (TPSA) is 39.9 Å². The lowest BCUT2D eigenvalue weighted by atomic mass is 10.1. The van der Waals surface area contributed by atoms with Gasteiger partial charge in [-0.05, 0) is 42.3 Å². The molecule has 0 saturated carbocycles. The molecule has 4 aromatic rings. The summed E-state index contributed by atoms with van der Waals surface area (Å²) >= 11 is 1.68. The number of aryl methyl sites for hydroxylation is 1. The first-order valence-electron chi connectivity index (χ1n) is 9.54. The van der Waals surface area contributed by atoms with Crippen molar-refractivity contribution in [1.82, 2.24) is 14.8 Å². The normalized spacial score (nSPS) is 10.8. The SMILES string of the molecule is COc1cccc(CSc2nnc(Cc3ccccc3)n2-c2ccc(C)cc2)c1. The molecule has 4 rings (SSSR count). The third kappa shape index (κ3) is 4.69. The van der Waals surface area contributed by atoms with E-state index in [4.69, 9.17) is 4.74 Å². The molecule has 0 amide bonds. The Morgan fingerprint density at radius 1 is 0.862 bits per heavy atom. The van der Waals surface area contributed by atoms with Crippen LogP contribution in [0.3, 0.4) is 0 Å². The number of methoxy groups -OCH3 is 1. The lowest BCUT2D eigenvalue weighted by molar-refractivity contribution is 0.414. The first-order chi connectivity index (χ1) is 14.2. The van der Waals surface area contributed by atoms with Crippen molar-refractivity contribution < 1.29 is 4.74 Å². The molecule has 1 aromatic heterocycles. The van der Waals surface area contributed by atoms with E-state index in [9.17, 15) is 0 Å². The van der Waals surface area contributed by atoms with Crippen molar-refractivity contribution in [2.45, 2.75) is 24.3 Å². The molecule has 0 unspecified atom stereocenters. The van der Waals surface area contributed by atoms with Gasteiger partial charge in [-0.3, -0.25) is 4.57 Å². The minimum atomic E-state index is 0.738. The molecule has 0 aliphatic carbocycles. The van der Waals surface area contributed by atoms with Crippen LogP contribution >= 0.6 is 11.8 Å². The molecule has 0 radical (unpaired) electrons. The Balaban J connectivity index is 1.64. The summed E-state index contributed by atoms with van der Waals surface area (Å²) in [5, 5.41) is 9.93. The zero-order valence-electron chi connectivity index (χ0n) is 16.6. The van der Waals surface area contributed by atoms with E-state index in [0.29, 0.717) is 0 Å². The highest BCUT2D eigenvalue weighted by atomic mass is 32.2. The van der Waals surface area contributed by atoms with Crippen molar-refractivity contribution in [2.75, 3.05) is 7.11 Å². The zero-order valence-corrected chi connectivity index (χ0v) is 17.4. The molecule has 1 heterocycles. The second-order valence-corrected chi connectivity index (χ2v) is 7.81. The number of rotatable bonds is 7. The molecule has 0 bridgehead atoms. The monoisotopic (exact) mass is 401 g/mol. The van der Waals surface area contributed by atoms with Crippen LogP contribution in [0.2, 0.25) is 0 Å². The molecule has 0 aliphatic heterocycles. The Kier molecular flexibility index (Phi) is 5.96. The number of hydrogen-bond acceptors (Lipinski definition) is 4. The maximum atomic E-state index is 5.34. The second kappa shape index (κ2) is 8.97. The van der Waals surface area contributed by atoms with Crippen molar-refractivity contribution in [3.8, 4) is 11.4 Å². The Morgan fingerprint density at radius 2 is 1.62 bits per heavy atom. The number of benzene rings is 3. The van der Waals surface area contributed by atoms with Gasteiger partial charge in [0.25, 0.3) is 0 Å². The quantitative estimate of drug-likeness (QED) is 0.385. The van der Waals surface area contributed by atoms with Crippen LogP contribution in [0.1, 0.15) is 22.5 Å². The van der Waals surface area contributed by atoms with Gasteiger partial charge < -0.3 is 4.74 Å². The van der Waals surface area contributed by atoms with Crippen LogP contribution in [-0.2, 0) is 12.2 Å². The highest BCUT2D eigenvalue weighted by Crippen LogP contribution is 2.27. The molecule has 0 N–H and O–H groups in total. The summed E-state index contributed by atoms with van der Waals surface area (Å²) in [6.45, 7) is 2.10. The number of nitrogens with zero attached hydrogens (tertiary/aromatic N) is 3. The molecule has 146 valence electrons. The maximum Gasteiger partial charge on any atom is 0.196 e. The summed E-state index contributed by atoms with van der Waals surface area (Å²) in [5.41, 5.74) is 4.73. The van der Waals surface area contributed by atoms with Crippen molar-refractivity contribution in [3.63, 3.8) is 0 Å². The van der Waals surface area contributed by atoms with Crippen LogP contribution in [-0.4, -0.2) is 21.9 Å². The molecular weight excluding hydrogens is 378 g/mol. The number of thioether (sulfide) groups is 1. The van der Waals surface area contributed by atoms with E-state index in [1.165, 1.54) is 16.7 Å². The van der Waals surface area contributed by atoms with Gasteiger partial charge in [-0.25, -0.2) is 0 Å². The molecule has 0 spiro atoms. The number of hydrogen-bond donors (Lipinski definition) is 0. The lowest BCUT2D eigenvalue weighted by Gasteiger charge is -2.11. The molecular formula is C24H23N3OS. The van der Waals surface area contributed by atoms with Crippen molar-refractivity contribution >= 4 is 11.8 Å². The summed E-state index contributed by atoms with van der Waals surface area (Å²) in [4.78, 5) is 0. The van der Waals surface area contributed by atoms with E-state index in [1.807, 2.05) is 18.2 Å². The Hall–Kier alpha value is -3.05. The lowest BCUT2D eigenvalue weighted by Crippen LogP contribution is -2.04. The van der Waals surface area contributed by atoms with E-state index in [2.05, 4.69) is 82.4 Å². The fraction of sp³-hybridized carbons (Fsp3) is 0.167. The molecule has 5 heteroatoms. The van der Waals surface area contributed by atoms with E-state index in [0.717, 1.165) is 34.6 Å². The molecule has 29 heavy (non-hydrogen) atoms. The smallest absolute Gasteiger partial charge is 0.196 e. The number of ether oxygens (including phenoxy) is 1. The van der Waals surface area contributed by atoms with Gasteiger partial charge in [0.2, 0.25) is 0 Å². The third-order valence-corrected chi connectivity index (χ3v) is 5.70. The van der Waals surface area contributed by atoms with Crippen LogP contribution < -0.4 is 4.74 Å². The standard InChI is InChI=1S/C24H23N3OS/c1-18-11-13-21(14-12-18)27-23(16-19-7-4-3-5-8-19)25-26-24(27)29-17-20-9-6-10-22(15-20)28-2/h3-15H,16-17H2,1-2H3. The summed E-state index contributed by atoms with van der Waals surface area (Å²) < 4.78 is 7.50.